The number of rotatable bonds is 4. The van der Waals surface area contributed by atoms with Crippen LogP contribution in [0.2, 0.25) is 0 Å². The van der Waals surface area contributed by atoms with Gasteiger partial charge in [0.25, 0.3) is 5.91 Å². The first-order valence-corrected chi connectivity index (χ1v) is 8.12. The second kappa shape index (κ2) is 6.43. The smallest absolute Gasteiger partial charge is 0.316 e. The van der Waals surface area contributed by atoms with E-state index in [4.69, 9.17) is 9.47 Å². The molecule has 3 aromatic rings. The molecule has 1 atom stereocenters. The van der Waals surface area contributed by atoms with Crippen molar-refractivity contribution in [2.24, 2.45) is 0 Å². The molecule has 25 heavy (non-hydrogen) atoms. The summed E-state index contributed by atoms with van der Waals surface area (Å²) in [5, 5.41) is 0.980. The van der Waals surface area contributed by atoms with Crippen molar-refractivity contribution in [2.75, 3.05) is 20.2 Å². The molecule has 0 spiro atoms. The highest BCUT2D eigenvalue weighted by atomic mass is 16.5. The van der Waals surface area contributed by atoms with Gasteiger partial charge >= 0.3 is 6.01 Å². The standard InChI is InChI=1S/C18H18N4O3/c1-24-13-4-3-12-9-16(21-15(12)10-13)17(23)22-8-5-14(11-22)25-18-19-6-2-7-20-18/h2-4,6-7,9-10,14,21H,5,8,11H2,1H3/t14-/m1/s1. The predicted octanol–water partition coefficient (Wildman–Crippen LogP) is 2.26. The highest BCUT2D eigenvalue weighted by Crippen LogP contribution is 2.23. The first-order chi connectivity index (χ1) is 12.2. The lowest BCUT2D eigenvalue weighted by Crippen LogP contribution is -2.31. The molecule has 1 aliphatic rings. The van der Waals surface area contributed by atoms with E-state index in [1.165, 1.54) is 0 Å². The van der Waals surface area contributed by atoms with Crippen LogP contribution in [0.15, 0.2) is 42.7 Å². The van der Waals surface area contributed by atoms with Crippen LogP contribution in [-0.2, 0) is 0 Å². The summed E-state index contributed by atoms with van der Waals surface area (Å²) >= 11 is 0. The first-order valence-electron chi connectivity index (χ1n) is 8.12. The first kappa shape index (κ1) is 15.4. The van der Waals surface area contributed by atoms with Crippen molar-refractivity contribution in [3.63, 3.8) is 0 Å². The number of H-pyrrole nitrogens is 1. The topological polar surface area (TPSA) is 80.3 Å². The maximum Gasteiger partial charge on any atom is 0.316 e. The number of amides is 1. The zero-order valence-corrected chi connectivity index (χ0v) is 13.8. The van der Waals surface area contributed by atoms with Crippen LogP contribution in [0.5, 0.6) is 11.8 Å². The number of methoxy groups -OCH3 is 1. The number of carbonyl (C=O) groups excluding carboxylic acids is 1. The second-order valence-corrected chi connectivity index (χ2v) is 5.95. The van der Waals surface area contributed by atoms with E-state index in [-0.39, 0.29) is 12.0 Å². The Balaban J connectivity index is 1.46. The monoisotopic (exact) mass is 338 g/mol. The molecule has 3 heterocycles. The number of nitrogens with zero attached hydrogens (tertiary/aromatic N) is 3. The van der Waals surface area contributed by atoms with E-state index in [0.717, 1.165) is 23.1 Å². The number of likely N-dealkylation sites (tertiary alicyclic amines) is 1. The summed E-state index contributed by atoms with van der Waals surface area (Å²) in [6.07, 6.45) is 3.95. The van der Waals surface area contributed by atoms with Gasteiger partial charge in [-0.2, -0.15) is 0 Å². The second-order valence-electron chi connectivity index (χ2n) is 5.95. The molecule has 1 amide bonds. The molecule has 7 heteroatoms. The van der Waals surface area contributed by atoms with E-state index in [1.807, 2.05) is 24.3 Å². The summed E-state index contributed by atoms with van der Waals surface area (Å²) in [7, 11) is 1.62. The van der Waals surface area contributed by atoms with Gasteiger partial charge < -0.3 is 19.4 Å². The maximum absolute atomic E-state index is 12.7. The molecule has 2 aromatic heterocycles. The Morgan fingerprint density at radius 3 is 2.92 bits per heavy atom. The molecular formula is C18H18N4O3. The van der Waals surface area contributed by atoms with Gasteiger partial charge in [-0.3, -0.25) is 4.79 Å². The van der Waals surface area contributed by atoms with Crippen LogP contribution in [0.1, 0.15) is 16.9 Å². The molecule has 0 unspecified atom stereocenters. The number of ether oxygens (including phenoxy) is 2. The van der Waals surface area contributed by atoms with E-state index in [1.54, 1.807) is 30.5 Å². The highest BCUT2D eigenvalue weighted by Gasteiger charge is 2.29. The van der Waals surface area contributed by atoms with Gasteiger partial charge in [0.2, 0.25) is 0 Å². The Bertz CT molecular complexity index is 894. The zero-order chi connectivity index (χ0) is 17.2. The molecule has 1 aliphatic heterocycles. The lowest BCUT2D eigenvalue weighted by molar-refractivity contribution is 0.0765. The molecule has 7 nitrogen and oxygen atoms in total. The molecule has 1 fully saturated rings. The van der Waals surface area contributed by atoms with Crippen LogP contribution in [-0.4, -0.2) is 52.1 Å². The van der Waals surface area contributed by atoms with Crippen LogP contribution in [0.4, 0.5) is 0 Å². The minimum atomic E-state index is -0.0872. The summed E-state index contributed by atoms with van der Waals surface area (Å²) in [6.45, 7) is 1.17. The van der Waals surface area contributed by atoms with Crippen molar-refractivity contribution in [3.8, 4) is 11.8 Å². The van der Waals surface area contributed by atoms with Gasteiger partial charge in [-0.1, -0.05) is 0 Å². The van der Waals surface area contributed by atoms with Gasteiger partial charge in [0.05, 0.1) is 13.7 Å². The van der Waals surface area contributed by atoms with Crippen molar-refractivity contribution in [1.82, 2.24) is 19.9 Å². The summed E-state index contributed by atoms with van der Waals surface area (Å²) in [5.41, 5.74) is 1.45. The predicted molar refractivity (Wildman–Crippen MR) is 91.8 cm³/mol. The Morgan fingerprint density at radius 2 is 2.12 bits per heavy atom. The van der Waals surface area contributed by atoms with E-state index < -0.39 is 0 Å². The molecule has 0 saturated carbocycles. The van der Waals surface area contributed by atoms with Crippen LogP contribution < -0.4 is 9.47 Å². The molecule has 4 rings (SSSR count). The zero-order valence-electron chi connectivity index (χ0n) is 13.8. The third-order valence-corrected chi connectivity index (χ3v) is 4.31. The van der Waals surface area contributed by atoms with Crippen LogP contribution in [0.25, 0.3) is 10.9 Å². The van der Waals surface area contributed by atoms with Crippen LogP contribution in [0.3, 0.4) is 0 Å². The minimum Gasteiger partial charge on any atom is -0.497 e. The van der Waals surface area contributed by atoms with Crippen molar-refractivity contribution < 1.29 is 14.3 Å². The fourth-order valence-corrected chi connectivity index (χ4v) is 3.02. The molecular weight excluding hydrogens is 320 g/mol. The minimum absolute atomic E-state index is 0.0322. The quantitative estimate of drug-likeness (QED) is 0.789. The Labute approximate surface area is 144 Å². The number of nitrogens with one attached hydrogen (secondary N) is 1. The van der Waals surface area contributed by atoms with Crippen LogP contribution >= 0.6 is 0 Å². The average Bonchev–Trinajstić information content (AvgIpc) is 3.28. The van der Waals surface area contributed by atoms with Crippen molar-refractivity contribution >= 4 is 16.8 Å². The summed E-state index contributed by atoms with van der Waals surface area (Å²) in [4.78, 5) is 25.8. The average molecular weight is 338 g/mol. The summed E-state index contributed by atoms with van der Waals surface area (Å²) < 4.78 is 11.0. The number of hydrogen-bond donors (Lipinski definition) is 1. The Kier molecular flexibility index (Phi) is 3.97. The number of fused-ring (bicyclic) bond motifs is 1. The Morgan fingerprint density at radius 1 is 1.28 bits per heavy atom. The SMILES string of the molecule is COc1ccc2cc(C(=O)N3CC[C@@H](Oc4ncccn4)C3)[nH]c2c1. The summed E-state index contributed by atoms with van der Waals surface area (Å²) in [5.74, 6) is 0.723. The van der Waals surface area contributed by atoms with E-state index >= 15 is 0 Å². The number of hydrogen-bond acceptors (Lipinski definition) is 5. The number of aromatic amines is 1. The highest BCUT2D eigenvalue weighted by molar-refractivity contribution is 5.98. The third-order valence-electron chi connectivity index (χ3n) is 4.31. The van der Waals surface area contributed by atoms with E-state index in [9.17, 15) is 4.79 Å². The normalized spacial score (nSPS) is 17.0. The van der Waals surface area contributed by atoms with E-state index in [0.29, 0.717) is 24.8 Å². The Hall–Kier alpha value is -3.09. The summed E-state index contributed by atoms with van der Waals surface area (Å²) in [6, 6.07) is 9.65. The third kappa shape index (κ3) is 3.13. The number of carbonyl (C=O) groups is 1. The molecule has 0 radical (unpaired) electrons. The molecule has 0 aliphatic carbocycles. The lowest BCUT2D eigenvalue weighted by Gasteiger charge is -2.15. The molecule has 0 bridgehead atoms. The van der Waals surface area contributed by atoms with Gasteiger partial charge in [0.15, 0.2) is 0 Å². The fraction of sp³-hybridized carbons (Fsp3) is 0.278. The fourth-order valence-electron chi connectivity index (χ4n) is 3.02. The van der Waals surface area contributed by atoms with Gasteiger partial charge in [0.1, 0.15) is 17.5 Å². The van der Waals surface area contributed by atoms with E-state index in [2.05, 4.69) is 15.0 Å². The number of aromatic nitrogens is 3. The van der Waals surface area contributed by atoms with Crippen molar-refractivity contribution in [1.29, 1.82) is 0 Å². The van der Waals surface area contributed by atoms with Gasteiger partial charge in [-0.25, -0.2) is 9.97 Å². The largest absolute Gasteiger partial charge is 0.497 e. The molecule has 1 aromatic carbocycles. The van der Waals surface area contributed by atoms with Gasteiger partial charge in [-0.05, 0) is 24.3 Å². The van der Waals surface area contributed by atoms with Crippen molar-refractivity contribution in [2.45, 2.75) is 12.5 Å². The molecule has 1 N–H and O–H groups in total. The molecule has 128 valence electrons. The lowest BCUT2D eigenvalue weighted by atomic mass is 10.2. The van der Waals surface area contributed by atoms with Gasteiger partial charge in [-0.15, -0.1) is 0 Å². The number of benzene rings is 1. The maximum atomic E-state index is 12.7. The van der Waals surface area contributed by atoms with Crippen molar-refractivity contribution in [3.05, 3.63) is 48.4 Å². The molecule has 1 saturated heterocycles. The van der Waals surface area contributed by atoms with Crippen LogP contribution in [0, 0.1) is 0 Å². The van der Waals surface area contributed by atoms with Gasteiger partial charge in [0, 0.05) is 42.3 Å².